The van der Waals surface area contributed by atoms with Crippen LogP contribution in [0.1, 0.15) is 25.5 Å². The minimum absolute atomic E-state index is 0.0450. The van der Waals surface area contributed by atoms with Crippen molar-refractivity contribution in [3.8, 4) is 11.5 Å². The molecule has 1 unspecified atom stereocenters. The van der Waals surface area contributed by atoms with E-state index in [9.17, 15) is 10.2 Å². The Kier molecular flexibility index (Phi) is 4.58. The number of aliphatic hydroxyl groups is 1. The maximum Gasteiger partial charge on any atom is 0.160 e. The zero-order chi connectivity index (χ0) is 12.1. The molecule has 16 heavy (non-hydrogen) atoms. The predicted octanol–water partition coefficient (Wildman–Crippen LogP) is 1.43. The van der Waals surface area contributed by atoms with E-state index < -0.39 is 6.10 Å². The Morgan fingerprint density at radius 3 is 2.56 bits per heavy atom. The van der Waals surface area contributed by atoms with Gasteiger partial charge in [-0.1, -0.05) is 19.9 Å². The second kappa shape index (κ2) is 5.72. The summed E-state index contributed by atoms with van der Waals surface area (Å²) in [5, 5.41) is 22.5. The summed E-state index contributed by atoms with van der Waals surface area (Å²) in [6, 6.07) is 5.22. The molecular formula is C12H19NO3. The molecule has 90 valence electrons. The topological polar surface area (TPSA) is 61.7 Å². The summed E-state index contributed by atoms with van der Waals surface area (Å²) in [6.07, 6.45) is -0.626. The lowest BCUT2D eigenvalue weighted by Crippen LogP contribution is -2.27. The number of benzene rings is 1. The highest BCUT2D eigenvalue weighted by molar-refractivity contribution is 5.42. The monoisotopic (exact) mass is 225 g/mol. The molecule has 0 spiro atoms. The van der Waals surface area contributed by atoms with Crippen molar-refractivity contribution in [2.45, 2.75) is 26.0 Å². The fourth-order valence-corrected chi connectivity index (χ4v) is 1.38. The Bertz CT molecular complexity index is 339. The zero-order valence-electron chi connectivity index (χ0n) is 9.90. The van der Waals surface area contributed by atoms with Crippen LogP contribution in [-0.4, -0.2) is 29.9 Å². The Morgan fingerprint density at radius 1 is 1.38 bits per heavy atom. The molecule has 4 nitrogen and oxygen atoms in total. The van der Waals surface area contributed by atoms with E-state index in [1.807, 2.05) is 13.8 Å². The minimum Gasteiger partial charge on any atom is -0.504 e. The molecule has 0 bridgehead atoms. The van der Waals surface area contributed by atoms with E-state index in [0.717, 1.165) is 0 Å². The van der Waals surface area contributed by atoms with Gasteiger partial charge in [0.2, 0.25) is 0 Å². The molecule has 0 radical (unpaired) electrons. The molecule has 0 aromatic heterocycles. The standard InChI is InChI=1S/C12H19NO3/c1-8(2)13-7-11(15)9-4-5-12(16-3)10(14)6-9/h4-6,8,11,13-15H,7H2,1-3H3. The zero-order valence-corrected chi connectivity index (χ0v) is 9.90. The average molecular weight is 225 g/mol. The van der Waals surface area contributed by atoms with Crippen LogP contribution in [0.2, 0.25) is 0 Å². The van der Waals surface area contributed by atoms with E-state index in [-0.39, 0.29) is 5.75 Å². The van der Waals surface area contributed by atoms with Crippen molar-refractivity contribution in [2.24, 2.45) is 0 Å². The number of aliphatic hydroxyl groups excluding tert-OH is 1. The molecule has 1 aromatic carbocycles. The van der Waals surface area contributed by atoms with Crippen molar-refractivity contribution in [2.75, 3.05) is 13.7 Å². The summed E-state index contributed by atoms with van der Waals surface area (Å²) < 4.78 is 4.93. The summed E-state index contributed by atoms with van der Waals surface area (Å²) in [4.78, 5) is 0. The Hall–Kier alpha value is -1.26. The summed E-state index contributed by atoms with van der Waals surface area (Å²) in [5.41, 5.74) is 0.673. The third kappa shape index (κ3) is 3.40. The first kappa shape index (κ1) is 12.8. The van der Waals surface area contributed by atoms with Crippen LogP contribution in [0, 0.1) is 0 Å². The Morgan fingerprint density at radius 2 is 2.06 bits per heavy atom. The van der Waals surface area contributed by atoms with Crippen LogP contribution in [0.15, 0.2) is 18.2 Å². The smallest absolute Gasteiger partial charge is 0.160 e. The van der Waals surface area contributed by atoms with E-state index in [1.165, 1.54) is 13.2 Å². The molecule has 0 aliphatic rings. The molecular weight excluding hydrogens is 206 g/mol. The van der Waals surface area contributed by atoms with Crippen LogP contribution < -0.4 is 10.1 Å². The molecule has 0 heterocycles. The molecule has 1 atom stereocenters. The molecule has 0 saturated carbocycles. The van der Waals surface area contributed by atoms with Crippen molar-refractivity contribution in [1.29, 1.82) is 0 Å². The van der Waals surface area contributed by atoms with Gasteiger partial charge in [-0.25, -0.2) is 0 Å². The fourth-order valence-electron chi connectivity index (χ4n) is 1.38. The van der Waals surface area contributed by atoms with E-state index in [0.29, 0.717) is 23.9 Å². The molecule has 0 aliphatic heterocycles. The maximum absolute atomic E-state index is 9.84. The second-order valence-electron chi connectivity index (χ2n) is 4.01. The fraction of sp³-hybridized carbons (Fsp3) is 0.500. The lowest BCUT2D eigenvalue weighted by molar-refractivity contribution is 0.171. The summed E-state index contributed by atoms with van der Waals surface area (Å²) in [6.45, 7) is 4.49. The molecule has 4 heteroatoms. The summed E-state index contributed by atoms with van der Waals surface area (Å²) in [5.74, 6) is 0.455. The number of phenolic OH excluding ortho intramolecular Hbond substituents is 1. The first-order chi connectivity index (χ1) is 7.54. The number of methoxy groups -OCH3 is 1. The average Bonchev–Trinajstić information content (AvgIpc) is 2.25. The number of rotatable bonds is 5. The second-order valence-corrected chi connectivity index (χ2v) is 4.01. The lowest BCUT2D eigenvalue weighted by atomic mass is 10.1. The Labute approximate surface area is 95.9 Å². The molecule has 1 rings (SSSR count). The number of hydrogen-bond donors (Lipinski definition) is 3. The van der Waals surface area contributed by atoms with Crippen molar-refractivity contribution in [1.82, 2.24) is 5.32 Å². The van der Waals surface area contributed by atoms with Gasteiger partial charge >= 0.3 is 0 Å². The van der Waals surface area contributed by atoms with E-state index >= 15 is 0 Å². The summed E-state index contributed by atoms with van der Waals surface area (Å²) in [7, 11) is 1.49. The number of ether oxygens (including phenoxy) is 1. The number of nitrogens with one attached hydrogen (secondary N) is 1. The first-order valence-electron chi connectivity index (χ1n) is 5.33. The number of phenols is 1. The number of aromatic hydroxyl groups is 1. The SMILES string of the molecule is COc1ccc(C(O)CNC(C)C)cc1O. The van der Waals surface area contributed by atoms with Crippen molar-refractivity contribution >= 4 is 0 Å². The van der Waals surface area contributed by atoms with Gasteiger partial charge in [0.25, 0.3) is 0 Å². The van der Waals surface area contributed by atoms with Crippen molar-refractivity contribution in [3.63, 3.8) is 0 Å². The molecule has 1 aromatic rings. The van der Waals surface area contributed by atoms with Gasteiger partial charge in [0.15, 0.2) is 11.5 Å². The first-order valence-corrected chi connectivity index (χ1v) is 5.33. The van der Waals surface area contributed by atoms with Crippen molar-refractivity contribution < 1.29 is 14.9 Å². The maximum atomic E-state index is 9.84. The molecule has 0 aliphatic carbocycles. The van der Waals surface area contributed by atoms with Crippen LogP contribution in [0.5, 0.6) is 11.5 Å². The Balaban J connectivity index is 2.69. The van der Waals surface area contributed by atoms with Crippen LogP contribution in [0.25, 0.3) is 0 Å². The number of hydrogen-bond acceptors (Lipinski definition) is 4. The van der Waals surface area contributed by atoms with Crippen LogP contribution in [-0.2, 0) is 0 Å². The lowest BCUT2D eigenvalue weighted by Gasteiger charge is -2.15. The van der Waals surface area contributed by atoms with Crippen LogP contribution in [0.3, 0.4) is 0 Å². The molecule has 0 fully saturated rings. The van der Waals surface area contributed by atoms with Gasteiger partial charge in [-0.3, -0.25) is 0 Å². The van der Waals surface area contributed by atoms with Gasteiger partial charge in [0.05, 0.1) is 13.2 Å². The van der Waals surface area contributed by atoms with E-state index in [2.05, 4.69) is 5.32 Å². The minimum atomic E-state index is -0.626. The molecule has 0 saturated heterocycles. The van der Waals surface area contributed by atoms with Gasteiger partial charge in [-0.15, -0.1) is 0 Å². The third-order valence-electron chi connectivity index (χ3n) is 2.31. The third-order valence-corrected chi connectivity index (χ3v) is 2.31. The molecule has 0 amide bonds. The highest BCUT2D eigenvalue weighted by atomic mass is 16.5. The summed E-state index contributed by atoms with van der Waals surface area (Å²) >= 11 is 0. The van der Waals surface area contributed by atoms with Gasteiger partial charge in [-0.05, 0) is 17.7 Å². The van der Waals surface area contributed by atoms with Gasteiger partial charge in [0, 0.05) is 12.6 Å². The van der Waals surface area contributed by atoms with Gasteiger partial charge in [-0.2, -0.15) is 0 Å². The van der Waals surface area contributed by atoms with Crippen LogP contribution >= 0.6 is 0 Å². The quantitative estimate of drug-likeness (QED) is 0.709. The normalized spacial score (nSPS) is 12.8. The van der Waals surface area contributed by atoms with Gasteiger partial charge in [0.1, 0.15) is 0 Å². The molecule has 3 N–H and O–H groups in total. The van der Waals surface area contributed by atoms with E-state index in [1.54, 1.807) is 12.1 Å². The van der Waals surface area contributed by atoms with Crippen LogP contribution in [0.4, 0.5) is 0 Å². The van der Waals surface area contributed by atoms with Gasteiger partial charge < -0.3 is 20.3 Å². The van der Waals surface area contributed by atoms with Crippen molar-refractivity contribution in [3.05, 3.63) is 23.8 Å². The largest absolute Gasteiger partial charge is 0.504 e. The predicted molar refractivity (Wildman–Crippen MR) is 62.8 cm³/mol. The highest BCUT2D eigenvalue weighted by Crippen LogP contribution is 2.28. The van der Waals surface area contributed by atoms with E-state index in [4.69, 9.17) is 4.74 Å². The highest BCUT2D eigenvalue weighted by Gasteiger charge is 2.10.